The predicted molar refractivity (Wildman–Crippen MR) is 74.9 cm³/mol. The molecule has 0 amide bonds. The second-order valence-corrected chi connectivity index (χ2v) is 2.37. The molecular formula is C14H26N2. The summed E-state index contributed by atoms with van der Waals surface area (Å²) in [5.74, 6) is 0. The quantitative estimate of drug-likeness (QED) is 0.671. The minimum atomic E-state index is 1.07. The topological polar surface area (TPSA) is 28.7 Å². The van der Waals surface area contributed by atoms with E-state index in [-0.39, 0.29) is 0 Å². The molecule has 0 spiro atoms. The van der Waals surface area contributed by atoms with Crippen LogP contribution in [0.1, 0.15) is 47.1 Å². The summed E-state index contributed by atoms with van der Waals surface area (Å²) in [6, 6.07) is 6.11. The molecule has 0 unspecified atom stereocenters. The number of aromatic amines is 1. The van der Waals surface area contributed by atoms with Gasteiger partial charge >= 0.3 is 0 Å². The predicted octanol–water partition coefficient (Wildman–Crippen LogP) is 4.95. The van der Waals surface area contributed by atoms with Gasteiger partial charge in [-0.05, 0) is 18.6 Å². The third kappa shape index (κ3) is 4.96. The van der Waals surface area contributed by atoms with Gasteiger partial charge in [0, 0.05) is 0 Å². The maximum Gasteiger partial charge on any atom is 0.0931 e. The number of fused-ring (bicyclic) bond motifs is 1. The lowest BCUT2D eigenvalue weighted by Crippen LogP contribution is -1.73. The van der Waals surface area contributed by atoms with Crippen LogP contribution in [0, 0.1) is 6.92 Å². The number of aromatic nitrogens is 2. The zero-order chi connectivity index (χ0) is 13.0. The van der Waals surface area contributed by atoms with Crippen molar-refractivity contribution in [3.8, 4) is 0 Å². The third-order valence-corrected chi connectivity index (χ3v) is 1.65. The monoisotopic (exact) mass is 222 g/mol. The Hall–Kier alpha value is -1.31. The molecule has 0 aliphatic carbocycles. The van der Waals surface area contributed by atoms with Gasteiger partial charge in [-0.2, -0.15) is 0 Å². The first-order chi connectivity index (χ1) is 7.88. The van der Waals surface area contributed by atoms with Crippen molar-refractivity contribution < 1.29 is 0 Å². The lowest BCUT2D eigenvalue weighted by atomic mass is 10.2. The largest absolute Gasteiger partial charge is 0.345 e. The van der Waals surface area contributed by atoms with E-state index in [1.165, 1.54) is 5.56 Å². The van der Waals surface area contributed by atoms with E-state index < -0.39 is 0 Å². The molecule has 2 heteroatoms. The number of benzene rings is 1. The lowest BCUT2D eigenvalue weighted by Gasteiger charge is -1.90. The summed E-state index contributed by atoms with van der Waals surface area (Å²) in [5, 5.41) is 0. The maximum absolute atomic E-state index is 4.16. The fourth-order valence-corrected chi connectivity index (χ4v) is 1.11. The summed E-state index contributed by atoms with van der Waals surface area (Å²) in [4.78, 5) is 7.21. The zero-order valence-corrected chi connectivity index (χ0v) is 11.8. The molecule has 1 N–H and O–H groups in total. The van der Waals surface area contributed by atoms with Crippen LogP contribution in [0.2, 0.25) is 0 Å². The van der Waals surface area contributed by atoms with Crippen molar-refractivity contribution in [1.29, 1.82) is 0 Å². The molecule has 16 heavy (non-hydrogen) atoms. The smallest absolute Gasteiger partial charge is 0.0931 e. The van der Waals surface area contributed by atoms with E-state index in [1.54, 1.807) is 6.33 Å². The Labute approximate surface area is 100 Å². The molecule has 2 aromatic rings. The highest BCUT2D eigenvalue weighted by Gasteiger charge is 1.95. The summed E-state index contributed by atoms with van der Waals surface area (Å²) in [6.45, 7) is 14.1. The van der Waals surface area contributed by atoms with Crippen LogP contribution in [-0.4, -0.2) is 9.97 Å². The molecule has 1 aromatic heterocycles. The second-order valence-electron chi connectivity index (χ2n) is 2.37. The molecule has 0 atom stereocenters. The van der Waals surface area contributed by atoms with Crippen LogP contribution in [0.3, 0.4) is 0 Å². The Bertz CT molecular complexity index is 350. The summed E-state index contributed by atoms with van der Waals surface area (Å²) in [7, 11) is 0. The number of para-hydroxylation sites is 1. The molecule has 0 bridgehead atoms. The molecule has 92 valence electrons. The first kappa shape index (κ1) is 17.1. The minimum Gasteiger partial charge on any atom is -0.345 e. The number of imidazole rings is 1. The summed E-state index contributed by atoms with van der Waals surface area (Å²) < 4.78 is 0. The number of nitrogens with one attached hydrogen (secondary N) is 1. The summed E-state index contributed by atoms with van der Waals surface area (Å²) in [5.41, 5.74) is 3.40. The number of aryl methyl sites for hydroxylation is 1. The minimum absolute atomic E-state index is 1.07. The number of hydrogen-bond donors (Lipinski definition) is 1. The molecule has 0 radical (unpaired) electrons. The van der Waals surface area contributed by atoms with E-state index in [9.17, 15) is 0 Å². The van der Waals surface area contributed by atoms with Gasteiger partial charge in [0.1, 0.15) is 0 Å². The molecule has 1 heterocycles. The van der Waals surface area contributed by atoms with Crippen molar-refractivity contribution in [3.63, 3.8) is 0 Å². The van der Waals surface area contributed by atoms with E-state index in [4.69, 9.17) is 0 Å². The normalized spacial score (nSPS) is 7.69. The van der Waals surface area contributed by atoms with Crippen molar-refractivity contribution in [2.75, 3.05) is 0 Å². The van der Waals surface area contributed by atoms with Crippen LogP contribution >= 0.6 is 0 Å². The molecule has 2 nitrogen and oxygen atoms in total. The number of hydrogen-bond acceptors (Lipinski definition) is 1. The number of H-pyrrole nitrogens is 1. The molecule has 0 aliphatic heterocycles. The standard InChI is InChI=1S/C8H8N2.3C2H6/c1-6-3-2-4-7-8(6)10-5-9-7;3*1-2/h2-5H,1H3,(H,9,10);3*1-2H3. The van der Waals surface area contributed by atoms with E-state index in [0.717, 1.165) is 11.0 Å². The molecule has 1 aromatic carbocycles. The molecule has 0 aliphatic rings. The van der Waals surface area contributed by atoms with E-state index in [1.807, 2.05) is 53.7 Å². The molecule has 2 rings (SSSR count). The summed E-state index contributed by atoms with van der Waals surface area (Å²) >= 11 is 0. The SMILES string of the molecule is CC.CC.CC.Cc1cccc2[nH]cnc12. The second kappa shape index (κ2) is 11.8. The number of rotatable bonds is 0. The molecular weight excluding hydrogens is 196 g/mol. The van der Waals surface area contributed by atoms with E-state index in [0.29, 0.717) is 0 Å². The fourth-order valence-electron chi connectivity index (χ4n) is 1.11. The lowest BCUT2D eigenvalue weighted by molar-refractivity contribution is 1.34. The van der Waals surface area contributed by atoms with Crippen LogP contribution in [-0.2, 0) is 0 Å². The third-order valence-electron chi connectivity index (χ3n) is 1.65. The maximum atomic E-state index is 4.16. The van der Waals surface area contributed by atoms with Crippen molar-refractivity contribution >= 4 is 11.0 Å². The molecule has 0 saturated carbocycles. The Morgan fingerprint density at radius 1 is 0.938 bits per heavy atom. The van der Waals surface area contributed by atoms with Crippen LogP contribution < -0.4 is 0 Å². The molecule has 0 saturated heterocycles. The van der Waals surface area contributed by atoms with E-state index >= 15 is 0 Å². The Balaban J connectivity index is 0. The number of nitrogens with zero attached hydrogens (tertiary/aromatic N) is 1. The average Bonchev–Trinajstić information content (AvgIpc) is 2.87. The molecule has 0 fully saturated rings. The van der Waals surface area contributed by atoms with Gasteiger partial charge in [0.25, 0.3) is 0 Å². The zero-order valence-electron chi connectivity index (χ0n) is 11.8. The van der Waals surface area contributed by atoms with Gasteiger partial charge in [-0.15, -0.1) is 0 Å². The Kier molecular flexibility index (Phi) is 12.6. The van der Waals surface area contributed by atoms with Crippen LogP contribution in [0.15, 0.2) is 24.5 Å². The van der Waals surface area contributed by atoms with Gasteiger partial charge < -0.3 is 4.98 Å². The van der Waals surface area contributed by atoms with Gasteiger partial charge in [-0.1, -0.05) is 53.7 Å². The fraction of sp³-hybridized carbons (Fsp3) is 0.500. The van der Waals surface area contributed by atoms with Gasteiger partial charge in [0.15, 0.2) is 0 Å². The van der Waals surface area contributed by atoms with Crippen molar-refractivity contribution in [2.45, 2.75) is 48.5 Å². The van der Waals surface area contributed by atoms with Crippen LogP contribution in [0.4, 0.5) is 0 Å². The summed E-state index contributed by atoms with van der Waals surface area (Å²) in [6.07, 6.45) is 1.72. The average molecular weight is 222 g/mol. The van der Waals surface area contributed by atoms with Gasteiger partial charge in [-0.3, -0.25) is 0 Å². The van der Waals surface area contributed by atoms with Gasteiger partial charge in [-0.25, -0.2) is 4.98 Å². The van der Waals surface area contributed by atoms with Crippen molar-refractivity contribution in [3.05, 3.63) is 30.1 Å². The van der Waals surface area contributed by atoms with Crippen LogP contribution in [0.25, 0.3) is 11.0 Å². The van der Waals surface area contributed by atoms with Crippen molar-refractivity contribution in [2.24, 2.45) is 0 Å². The first-order valence-corrected chi connectivity index (χ1v) is 6.26. The van der Waals surface area contributed by atoms with Crippen LogP contribution in [0.5, 0.6) is 0 Å². The highest BCUT2D eigenvalue weighted by Crippen LogP contribution is 2.12. The highest BCUT2D eigenvalue weighted by atomic mass is 14.9. The van der Waals surface area contributed by atoms with Gasteiger partial charge in [0.2, 0.25) is 0 Å². The van der Waals surface area contributed by atoms with Crippen molar-refractivity contribution in [1.82, 2.24) is 9.97 Å². The van der Waals surface area contributed by atoms with E-state index in [2.05, 4.69) is 23.0 Å². The highest BCUT2D eigenvalue weighted by molar-refractivity contribution is 5.77. The first-order valence-electron chi connectivity index (χ1n) is 6.26. The Morgan fingerprint density at radius 3 is 2.00 bits per heavy atom. The Morgan fingerprint density at radius 2 is 1.50 bits per heavy atom. The van der Waals surface area contributed by atoms with Gasteiger partial charge in [0.05, 0.1) is 17.4 Å².